The van der Waals surface area contributed by atoms with E-state index in [2.05, 4.69) is 16.8 Å². The number of ether oxygens (including phenoxy) is 1. The lowest BCUT2D eigenvalue weighted by atomic mass is 10.2. The molecule has 0 aliphatic rings. The molecule has 0 bridgehead atoms. The van der Waals surface area contributed by atoms with Gasteiger partial charge in [-0.1, -0.05) is 6.08 Å². The molecule has 1 aromatic heterocycles. The molecule has 0 amide bonds. The smallest absolute Gasteiger partial charge is 0.195 e. The van der Waals surface area contributed by atoms with Crippen LogP contribution in [0.4, 0.5) is 0 Å². The lowest BCUT2D eigenvalue weighted by molar-refractivity contribution is 0.415. The Morgan fingerprint density at radius 3 is 2.76 bits per heavy atom. The largest absolute Gasteiger partial charge is 0.497 e. The summed E-state index contributed by atoms with van der Waals surface area (Å²) < 4.78 is 7.60. The van der Waals surface area contributed by atoms with Crippen LogP contribution in [0.3, 0.4) is 0 Å². The molecule has 4 nitrogen and oxygen atoms in total. The third-order valence-corrected chi connectivity index (χ3v) is 2.73. The number of aromatic amines is 1. The van der Waals surface area contributed by atoms with Gasteiger partial charge in [0, 0.05) is 12.1 Å². The first-order valence-electron chi connectivity index (χ1n) is 5.17. The topological polar surface area (TPSA) is 42.8 Å². The summed E-state index contributed by atoms with van der Waals surface area (Å²) in [5.74, 6) is 1.62. The highest BCUT2D eigenvalue weighted by Crippen LogP contribution is 2.20. The number of benzene rings is 1. The highest BCUT2D eigenvalue weighted by Gasteiger charge is 2.07. The first kappa shape index (κ1) is 11.6. The third-order valence-electron chi connectivity index (χ3n) is 2.42. The number of hydrogen-bond donors (Lipinski definition) is 1. The zero-order chi connectivity index (χ0) is 12.3. The Bertz CT molecular complexity index is 568. The predicted octanol–water partition coefficient (Wildman–Crippen LogP) is 2.80. The molecule has 2 rings (SSSR count). The molecule has 0 radical (unpaired) electrons. The van der Waals surface area contributed by atoms with Crippen molar-refractivity contribution >= 4 is 12.2 Å². The molecule has 0 saturated carbocycles. The Morgan fingerprint density at radius 1 is 1.47 bits per heavy atom. The summed E-state index contributed by atoms with van der Waals surface area (Å²) in [5, 5.41) is 7.00. The van der Waals surface area contributed by atoms with Crippen LogP contribution in [-0.4, -0.2) is 21.9 Å². The molecule has 0 saturated heterocycles. The average Bonchev–Trinajstić information content (AvgIpc) is 2.72. The molecule has 0 aliphatic heterocycles. The first-order chi connectivity index (χ1) is 8.26. The van der Waals surface area contributed by atoms with E-state index in [-0.39, 0.29) is 0 Å². The molecule has 5 heteroatoms. The summed E-state index contributed by atoms with van der Waals surface area (Å²) in [5.41, 5.74) is 0.986. The lowest BCUT2D eigenvalue weighted by Gasteiger charge is -2.04. The van der Waals surface area contributed by atoms with E-state index in [1.54, 1.807) is 13.2 Å². The van der Waals surface area contributed by atoms with Crippen LogP contribution in [0, 0.1) is 4.77 Å². The van der Waals surface area contributed by atoms with E-state index in [0.717, 1.165) is 17.1 Å². The van der Waals surface area contributed by atoms with Crippen LogP contribution in [0.5, 0.6) is 5.75 Å². The van der Waals surface area contributed by atoms with Gasteiger partial charge < -0.3 is 4.74 Å². The number of nitrogens with zero attached hydrogens (tertiary/aromatic N) is 2. The number of hydrogen-bond acceptors (Lipinski definition) is 3. The van der Waals surface area contributed by atoms with Crippen molar-refractivity contribution in [2.24, 2.45) is 0 Å². The second kappa shape index (κ2) is 4.97. The molecule has 0 fully saturated rings. The van der Waals surface area contributed by atoms with Crippen LogP contribution in [0.15, 0.2) is 36.9 Å². The van der Waals surface area contributed by atoms with Crippen LogP contribution in [0.2, 0.25) is 0 Å². The van der Waals surface area contributed by atoms with Crippen LogP contribution in [0.25, 0.3) is 11.4 Å². The van der Waals surface area contributed by atoms with Gasteiger partial charge in [-0.15, -0.1) is 6.58 Å². The molecule has 1 aromatic carbocycles. The highest BCUT2D eigenvalue weighted by atomic mass is 32.1. The third kappa shape index (κ3) is 2.29. The second-order valence-corrected chi connectivity index (χ2v) is 3.87. The summed E-state index contributed by atoms with van der Waals surface area (Å²) in [6.45, 7) is 4.35. The zero-order valence-corrected chi connectivity index (χ0v) is 10.3. The molecule has 88 valence electrons. The number of rotatable bonds is 4. The van der Waals surface area contributed by atoms with Gasteiger partial charge in [-0.05, 0) is 36.5 Å². The van der Waals surface area contributed by atoms with Gasteiger partial charge >= 0.3 is 0 Å². The molecular weight excluding hydrogens is 234 g/mol. The fourth-order valence-electron chi connectivity index (χ4n) is 1.58. The molecule has 0 atom stereocenters. The molecule has 0 spiro atoms. The molecule has 0 unspecified atom stereocenters. The zero-order valence-electron chi connectivity index (χ0n) is 9.51. The molecular formula is C12H13N3OS. The molecule has 17 heavy (non-hydrogen) atoms. The van der Waals surface area contributed by atoms with Crippen molar-refractivity contribution in [1.82, 2.24) is 14.8 Å². The first-order valence-corrected chi connectivity index (χ1v) is 5.57. The van der Waals surface area contributed by atoms with E-state index < -0.39 is 0 Å². The van der Waals surface area contributed by atoms with Gasteiger partial charge in [-0.2, -0.15) is 5.10 Å². The fourth-order valence-corrected chi connectivity index (χ4v) is 1.78. The number of methoxy groups -OCH3 is 1. The highest BCUT2D eigenvalue weighted by molar-refractivity contribution is 7.71. The maximum atomic E-state index is 5.16. The minimum absolute atomic E-state index is 0.593. The van der Waals surface area contributed by atoms with Gasteiger partial charge in [-0.3, -0.25) is 9.67 Å². The number of nitrogens with one attached hydrogen (secondary N) is 1. The lowest BCUT2D eigenvalue weighted by Crippen LogP contribution is -1.98. The molecule has 1 N–H and O–H groups in total. The Balaban J connectivity index is 2.44. The predicted molar refractivity (Wildman–Crippen MR) is 69.6 cm³/mol. The minimum Gasteiger partial charge on any atom is -0.497 e. The van der Waals surface area contributed by atoms with E-state index in [1.165, 1.54) is 0 Å². The molecule has 0 aliphatic carbocycles. The molecule has 2 aromatic rings. The monoisotopic (exact) mass is 247 g/mol. The minimum atomic E-state index is 0.593. The second-order valence-electron chi connectivity index (χ2n) is 3.48. The maximum Gasteiger partial charge on any atom is 0.195 e. The average molecular weight is 247 g/mol. The van der Waals surface area contributed by atoms with E-state index in [9.17, 15) is 0 Å². The summed E-state index contributed by atoms with van der Waals surface area (Å²) >= 11 is 5.16. The van der Waals surface area contributed by atoms with Gasteiger partial charge in [0.1, 0.15) is 5.75 Å². The van der Waals surface area contributed by atoms with Crippen LogP contribution in [0.1, 0.15) is 0 Å². The van der Waals surface area contributed by atoms with Gasteiger partial charge in [0.15, 0.2) is 10.6 Å². The maximum absolute atomic E-state index is 5.16. The number of allylic oxidation sites excluding steroid dienone is 1. The van der Waals surface area contributed by atoms with Gasteiger partial charge in [0.05, 0.1) is 7.11 Å². The normalized spacial score (nSPS) is 10.2. The van der Waals surface area contributed by atoms with Crippen LogP contribution < -0.4 is 4.74 Å². The SMILES string of the molecule is C=CCn1c(-c2ccc(OC)cc2)n[nH]c1=S. The van der Waals surface area contributed by atoms with E-state index in [1.807, 2.05) is 28.8 Å². The van der Waals surface area contributed by atoms with Gasteiger partial charge in [0.2, 0.25) is 0 Å². The summed E-state index contributed by atoms with van der Waals surface area (Å²) in [6.07, 6.45) is 1.79. The van der Waals surface area contributed by atoms with Crippen molar-refractivity contribution in [2.45, 2.75) is 6.54 Å². The van der Waals surface area contributed by atoms with E-state index >= 15 is 0 Å². The summed E-state index contributed by atoms with van der Waals surface area (Å²) in [7, 11) is 1.64. The van der Waals surface area contributed by atoms with Gasteiger partial charge in [0.25, 0.3) is 0 Å². The van der Waals surface area contributed by atoms with E-state index in [4.69, 9.17) is 17.0 Å². The summed E-state index contributed by atoms with van der Waals surface area (Å²) in [4.78, 5) is 0. The van der Waals surface area contributed by atoms with Crippen molar-refractivity contribution in [3.63, 3.8) is 0 Å². The number of H-pyrrole nitrogens is 1. The Morgan fingerprint density at radius 2 is 2.18 bits per heavy atom. The fraction of sp³-hybridized carbons (Fsp3) is 0.167. The van der Waals surface area contributed by atoms with Crippen molar-refractivity contribution in [2.75, 3.05) is 7.11 Å². The Kier molecular flexibility index (Phi) is 3.39. The Hall–Kier alpha value is -1.88. The van der Waals surface area contributed by atoms with Crippen molar-refractivity contribution in [3.05, 3.63) is 41.7 Å². The van der Waals surface area contributed by atoms with Crippen molar-refractivity contribution in [1.29, 1.82) is 0 Å². The number of aromatic nitrogens is 3. The van der Waals surface area contributed by atoms with E-state index in [0.29, 0.717) is 11.3 Å². The van der Waals surface area contributed by atoms with Crippen molar-refractivity contribution in [3.8, 4) is 17.1 Å². The quantitative estimate of drug-likeness (QED) is 0.667. The Labute approximate surface area is 105 Å². The summed E-state index contributed by atoms with van der Waals surface area (Å²) in [6, 6.07) is 7.68. The van der Waals surface area contributed by atoms with Crippen LogP contribution in [-0.2, 0) is 6.54 Å². The standard InChI is InChI=1S/C12H13N3OS/c1-3-8-15-11(13-14-12(15)17)9-4-6-10(16-2)7-5-9/h3-7H,1,8H2,2H3,(H,14,17). The van der Waals surface area contributed by atoms with Crippen LogP contribution >= 0.6 is 12.2 Å². The van der Waals surface area contributed by atoms with Gasteiger partial charge in [-0.25, -0.2) is 0 Å². The molecule has 1 heterocycles. The van der Waals surface area contributed by atoms with Crippen molar-refractivity contribution < 1.29 is 4.74 Å².